The Kier molecular flexibility index (Phi) is 5.85. The fraction of sp³-hybridized carbons (Fsp3) is 0.375. The molecule has 0 saturated heterocycles. The van der Waals surface area contributed by atoms with E-state index in [0.717, 1.165) is 18.6 Å². The largest absolute Gasteiger partial charge is 0.494 e. The molecule has 1 aromatic carbocycles. The van der Waals surface area contributed by atoms with Gasteiger partial charge in [0.25, 0.3) is 5.56 Å². The van der Waals surface area contributed by atoms with Crippen LogP contribution >= 0.6 is 0 Å². The van der Waals surface area contributed by atoms with Crippen LogP contribution in [0.15, 0.2) is 34.2 Å². The van der Waals surface area contributed by atoms with E-state index < -0.39 is 11.2 Å². The zero-order chi connectivity index (χ0) is 16.7. The van der Waals surface area contributed by atoms with Crippen molar-refractivity contribution >= 4 is 11.5 Å². The van der Waals surface area contributed by atoms with Gasteiger partial charge in [0.05, 0.1) is 6.61 Å². The Labute approximate surface area is 133 Å². The molecule has 0 atom stereocenters. The Balaban J connectivity index is 2.05. The maximum atomic E-state index is 11.7. The molecule has 3 N–H and O–H groups in total. The molecular weight excluding hydrogens is 296 g/mol. The first-order chi connectivity index (χ1) is 11.2. The summed E-state index contributed by atoms with van der Waals surface area (Å²) in [4.78, 5) is 28.6. The highest BCUT2D eigenvalue weighted by Gasteiger charge is 2.10. The second-order valence-corrected chi connectivity index (χ2v) is 5.17. The lowest BCUT2D eigenvalue weighted by atomic mass is 10.2. The van der Waals surface area contributed by atoms with Gasteiger partial charge < -0.3 is 15.5 Å². The number of nitroso groups, excluding NO2 is 1. The molecule has 1 aromatic heterocycles. The highest BCUT2D eigenvalue weighted by Crippen LogP contribution is 2.22. The van der Waals surface area contributed by atoms with Crippen LogP contribution in [0.25, 0.3) is 11.4 Å². The highest BCUT2D eigenvalue weighted by atomic mass is 16.5. The van der Waals surface area contributed by atoms with Gasteiger partial charge in [0.15, 0.2) is 5.82 Å². The molecule has 7 heteroatoms. The van der Waals surface area contributed by atoms with Crippen molar-refractivity contribution in [2.45, 2.75) is 32.6 Å². The lowest BCUT2D eigenvalue weighted by Gasteiger charge is -2.07. The average Bonchev–Trinajstić information content (AvgIpc) is 2.55. The fourth-order valence-corrected chi connectivity index (χ4v) is 2.14. The fourth-order valence-electron chi connectivity index (χ4n) is 2.14. The molecule has 0 radical (unpaired) electrons. The van der Waals surface area contributed by atoms with Gasteiger partial charge in [-0.05, 0) is 35.9 Å². The first-order valence-electron chi connectivity index (χ1n) is 7.62. The molecule has 0 aliphatic heterocycles. The monoisotopic (exact) mass is 316 g/mol. The molecule has 2 aromatic rings. The normalized spacial score (nSPS) is 10.5. The van der Waals surface area contributed by atoms with Crippen LogP contribution < -0.4 is 16.0 Å². The first kappa shape index (κ1) is 16.7. The summed E-state index contributed by atoms with van der Waals surface area (Å²) in [5.74, 6) is 0.858. The minimum absolute atomic E-state index is 0.185. The van der Waals surface area contributed by atoms with Gasteiger partial charge in [0.2, 0.25) is 5.69 Å². The molecular formula is C16H20N4O3. The van der Waals surface area contributed by atoms with E-state index >= 15 is 0 Å². The molecule has 1 heterocycles. The predicted octanol–water partition coefficient (Wildman–Crippen LogP) is 3.38. The molecule has 7 nitrogen and oxygen atoms in total. The molecule has 0 unspecified atom stereocenters. The van der Waals surface area contributed by atoms with Crippen LogP contribution in [0.2, 0.25) is 0 Å². The number of nitrogens with zero attached hydrogens (tertiary/aromatic N) is 2. The summed E-state index contributed by atoms with van der Waals surface area (Å²) < 4.78 is 5.65. The highest BCUT2D eigenvalue weighted by molar-refractivity contribution is 5.63. The van der Waals surface area contributed by atoms with E-state index in [9.17, 15) is 9.70 Å². The Bertz CT molecular complexity index is 710. The summed E-state index contributed by atoms with van der Waals surface area (Å²) in [6.45, 7) is 2.85. The summed E-state index contributed by atoms with van der Waals surface area (Å²) in [6.07, 6.45) is 4.60. The zero-order valence-corrected chi connectivity index (χ0v) is 13.0. The Hall–Kier alpha value is -2.70. The van der Waals surface area contributed by atoms with E-state index in [1.165, 1.54) is 12.8 Å². The second-order valence-electron chi connectivity index (χ2n) is 5.17. The van der Waals surface area contributed by atoms with Gasteiger partial charge in [0.1, 0.15) is 11.6 Å². The molecule has 23 heavy (non-hydrogen) atoms. The van der Waals surface area contributed by atoms with E-state index in [4.69, 9.17) is 10.5 Å². The van der Waals surface area contributed by atoms with Crippen molar-refractivity contribution in [2.24, 2.45) is 5.18 Å². The molecule has 0 bridgehead atoms. The number of aromatic amines is 1. The topological polar surface area (TPSA) is 110 Å². The van der Waals surface area contributed by atoms with Crippen LogP contribution in [0, 0.1) is 4.91 Å². The van der Waals surface area contributed by atoms with Crippen molar-refractivity contribution in [3.63, 3.8) is 0 Å². The first-order valence-corrected chi connectivity index (χ1v) is 7.62. The summed E-state index contributed by atoms with van der Waals surface area (Å²) in [7, 11) is 0. The molecule has 0 fully saturated rings. The molecule has 0 spiro atoms. The smallest absolute Gasteiger partial charge is 0.282 e. The van der Waals surface area contributed by atoms with Crippen LogP contribution in [0.1, 0.15) is 32.6 Å². The number of hydrogen-bond donors (Lipinski definition) is 2. The molecule has 0 aliphatic carbocycles. The second kappa shape index (κ2) is 8.07. The number of anilines is 1. The van der Waals surface area contributed by atoms with E-state index in [0.29, 0.717) is 12.2 Å². The molecule has 122 valence electrons. The van der Waals surface area contributed by atoms with E-state index in [2.05, 4.69) is 22.1 Å². The average molecular weight is 316 g/mol. The standard InChI is InChI=1S/C16H20N4O3/c1-2-3-4-5-10-23-12-8-6-11(7-9-12)15-18-14(17)13(20-22)16(21)19-15/h6-9H,2-5,10H2,1H3,(H3,17,18,19,21). The maximum absolute atomic E-state index is 11.7. The zero-order valence-electron chi connectivity index (χ0n) is 13.0. The number of benzene rings is 1. The third-order valence-electron chi connectivity index (χ3n) is 3.41. The number of nitrogens with one attached hydrogen (secondary N) is 1. The van der Waals surface area contributed by atoms with Gasteiger partial charge >= 0.3 is 0 Å². The summed E-state index contributed by atoms with van der Waals surface area (Å²) in [5.41, 5.74) is 5.17. The van der Waals surface area contributed by atoms with Crippen molar-refractivity contribution in [3.05, 3.63) is 39.5 Å². The van der Waals surface area contributed by atoms with E-state index in [1.807, 2.05) is 0 Å². The third-order valence-corrected chi connectivity index (χ3v) is 3.41. The molecule has 0 aliphatic rings. The molecule has 0 saturated carbocycles. The van der Waals surface area contributed by atoms with Gasteiger partial charge in [-0.1, -0.05) is 26.2 Å². The van der Waals surface area contributed by atoms with Crippen LogP contribution in [-0.4, -0.2) is 16.6 Å². The SMILES string of the molecule is CCCCCCOc1ccc(-c2nc(N)c(N=O)c(=O)[nH]2)cc1. The van der Waals surface area contributed by atoms with Crippen molar-refractivity contribution in [2.75, 3.05) is 12.3 Å². The number of nitrogen functional groups attached to an aromatic ring is 1. The van der Waals surface area contributed by atoms with Crippen molar-refractivity contribution in [1.29, 1.82) is 0 Å². The van der Waals surface area contributed by atoms with Gasteiger partial charge in [0, 0.05) is 5.56 Å². The van der Waals surface area contributed by atoms with Crippen molar-refractivity contribution < 1.29 is 4.74 Å². The summed E-state index contributed by atoms with van der Waals surface area (Å²) in [6, 6.07) is 7.15. The Morgan fingerprint density at radius 2 is 1.96 bits per heavy atom. The van der Waals surface area contributed by atoms with Gasteiger partial charge in [-0.15, -0.1) is 4.91 Å². The summed E-state index contributed by atoms with van der Waals surface area (Å²) >= 11 is 0. The van der Waals surface area contributed by atoms with Gasteiger partial charge in [-0.3, -0.25) is 4.79 Å². The van der Waals surface area contributed by atoms with E-state index in [-0.39, 0.29) is 11.6 Å². The number of nitrogens with two attached hydrogens (primary N) is 1. The number of hydrogen-bond acceptors (Lipinski definition) is 6. The lowest BCUT2D eigenvalue weighted by Crippen LogP contribution is -2.11. The predicted molar refractivity (Wildman–Crippen MR) is 89.8 cm³/mol. The van der Waals surface area contributed by atoms with Crippen LogP contribution in [0.5, 0.6) is 5.75 Å². The van der Waals surface area contributed by atoms with Crippen LogP contribution in [0.4, 0.5) is 11.5 Å². The molecule has 2 rings (SSSR count). The van der Waals surface area contributed by atoms with Gasteiger partial charge in [-0.25, -0.2) is 4.98 Å². The maximum Gasteiger partial charge on any atom is 0.282 e. The van der Waals surface area contributed by atoms with Crippen molar-refractivity contribution in [3.8, 4) is 17.1 Å². The molecule has 0 amide bonds. The van der Waals surface area contributed by atoms with Crippen LogP contribution in [0.3, 0.4) is 0 Å². The van der Waals surface area contributed by atoms with Crippen molar-refractivity contribution in [1.82, 2.24) is 9.97 Å². The Morgan fingerprint density at radius 1 is 1.22 bits per heavy atom. The number of ether oxygens (including phenoxy) is 1. The number of aromatic nitrogens is 2. The minimum Gasteiger partial charge on any atom is -0.494 e. The number of unbranched alkanes of at least 4 members (excludes halogenated alkanes) is 3. The third kappa shape index (κ3) is 4.38. The number of H-pyrrole nitrogens is 1. The Morgan fingerprint density at radius 3 is 2.57 bits per heavy atom. The minimum atomic E-state index is -0.654. The lowest BCUT2D eigenvalue weighted by molar-refractivity contribution is 0.305. The van der Waals surface area contributed by atoms with Gasteiger partial charge in [-0.2, -0.15) is 0 Å². The van der Waals surface area contributed by atoms with E-state index in [1.54, 1.807) is 24.3 Å². The quantitative estimate of drug-likeness (QED) is 0.573. The van der Waals surface area contributed by atoms with Crippen LogP contribution in [-0.2, 0) is 0 Å². The number of rotatable bonds is 8. The summed E-state index contributed by atoms with van der Waals surface area (Å²) in [5, 5.41) is 2.57.